The van der Waals surface area contributed by atoms with Gasteiger partial charge in [-0.3, -0.25) is 9.79 Å². The molecule has 1 atom stereocenters. The number of amides is 2. The van der Waals surface area contributed by atoms with E-state index in [0.717, 1.165) is 4.70 Å². The summed E-state index contributed by atoms with van der Waals surface area (Å²) < 4.78 is 6.43. The third-order valence-electron chi connectivity index (χ3n) is 7.94. The number of nitrogens with zero attached hydrogens (tertiary/aromatic N) is 4. The number of carbonyl (C=O) groups is 3. The molecule has 46 heavy (non-hydrogen) atoms. The number of aliphatic imine (C=N–C) groups is 1. The first-order valence-corrected chi connectivity index (χ1v) is 16.4. The van der Waals surface area contributed by atoms with Gasteiger partial charge in [-0.05, 0) is 19.1 Å². The van der Waals surface area contributed by atoms with Gasteiger partial charge in [0, 0.05) is 77.8 Å². The van der Waals surface area contributed by atoms with Crippen LogP contribution in [0.5, 0.6) is 17.2 Å². The first-order valence-electron chi connectivity index (χ1n) is 14.6. The highest BCUT2D eigenvalue weighted by atomic mass is 32.2. The fourth-order valence-electron chi connectivity index (χ4n) is 5.63. The van der Waals surface area contributed by atoms with Crippen molar-refractivity contribution in [3.8, 4) is 17.2 Å². The van der Waals surface area contributed by atoms with E-state index in [1.807, 2.05) is 27.7 Å². The van der Waals surface area contributed by atoms with E-state index in [4.69, 9.17) is 4.74 Å². The number of thiazole rings is 1. The van der Waals surface area contributed by atoms with Crippen LogP contribution in [0.4, 0.5) is 4.79 Å². The van der Waals surface area contributed by atoms with Crippen LogP contribution < -0.4 is 15.2 Å². The molecule has 0 aliphatic carbocycles. The number of carboxylic acids is 1. The summed E-state index contributed by atoms with van der Waals surface area (Å²) in [6.07, 6.45) is -0.516. The molecule has 0 spiro atoms. The Kier molecular flexibility index (Phi) is 9.79. The van der Waals surface area contributed by atoms with E-state index in [9.17, 15) is 29.7 Å². The Morgan fingerprint density at radius 3 is 2.33 bits per heavy atom. The molecule has 1 aliphatic rings. The second-order valence-electron chi connectivity index (χ2n) is 13.1. The maximum Gasteiger partial charge on any atom is 0.414 e. The molecule has 0 fully saturated rings. The van der Waals surface area contributed by atoms with Crippen LogP contribution in [0.15, 0.2) is 23.2 Å². The zero-order valence-electron chi connectivity index (χ0n) is 27.1. The molecule has 246 valence electrons. The molecule has 2 aromatic carbocycles. The van der Waals surface area contributed by atoms with Gasteiger partial charge < -0.3 is 29.9 Å². The van der Waals surface area contributed by atoms with E-state index >= 15 is 0 Å². The van der Waals surface area contributed by atoms with Gasteiger partial charge in [0.1, 0.15) is 27.3 Å². The van der Waals surface area contributed by atoms with Crippen molar-refractivity contribution in [3.63, 3.8) is 0 Å². The minimum absolute atomic E-state index is 0.0451. The molecular weight excluding hydrogens is 629 g/mol. The average molecular weight is 669 g/mol. The van der Waals surface area contributed by atoms with Gasteiger partial charge in [0.15, 0.2) is 6.04 Å². The number of phenolic OH excluding ortho intramolecular Hbond substituents is 2. The number of hydrogen-bond donors (Lipinski definition) is 3. The number of thioether (sulfide) groups is 1. The number of carboxylic acid groups (broad SMARTS) is 1. The topological polar surface area (TPSA) is 153 Å². The highest BCUT2D eigenvalue weighted by Gasteiger charge is 2.33. The number of rotatable bonds is 10. The summed E-state index contributed by atoms with van der Waals surface area (Å²) in [5, 5.41) is 32.3. The predicted octanol–water partition coefficient (Wildman–Crippen LogP) is 4.07. The van der Waals surface area contributed by atoms with Gasteiger partial charge in [-0.1, -0.05) is 40.9 Å². The molecule has 1 unspecified atom stereocenters. The predicted molar refractivity (Wildman–Crippen MR) is 183 cm³/mol. The van der Waals surface area contributed by atoms with Crippen molar-refractivity contribution in [2.45, 2.75) is 52.5 Å². The molecule has 3 aromatic rings. The molecule has 0 saturated carbocycles. The summed E-state index contributed by atoms with van der Waals surface area (Å²) >= 11 is 2.71. The van der Waals surface area contributed by atoms with Crippen molar-refractivity contribution in [3.05, 3.63) is 44.8 Å². The molecule has 2 heterocycles. The van der Waals surface area contributed by atoms with Crippen LogP contribution in [0.1, 0.15) is 50.3 Å². The molecule has 2 amide bonds. The Morgan fingerprint density at radius 1 is 1.04 bits per heavy atom. The first-order chi connectivity index (χ1) is 21.3. The molecule has 13 heteroatoms. The fourth-order valence-corrected chi connectivity index (χ4v) is 7.72. The number of benzene rings is 2. The van der Waals surface area contributed by atoms with E-state index < -0.39 is 28.9 Å². The lowest BCUT2D eigenvalue weighted by Gasteiger charge is -2.35. The summed E-state index contributed by atoms with van der Waals surface area (Å²) in [6.45, 7) is 17.6. The van der Waals surface area contributed by atoms with Gasteiger partial charge >= 0.3 is 12.1 Å². The van der Waals surface area contributed by atoms with E-state index in [2.05, 4.69) is 23.1 Å². The minimum atomic E-state index is -0.964. The Labute approximate surface area is 275 Å². The average Bonchev–Trinajstić information content (AvgIpc) is 3.61. The number of fused-ring (bicyclic) bond motifs is 1. The molecule has 4 rings (SSSR count). The number of carbonyl (C=O) groups excluding carboxylic acids is 2. The van der Waals surface area contributed by atoms with Crippen LogP contribution in [0.3, 0.4) is 0 Å². The zero-order valence-corrected chi connectivity index (χ0v) is 28.8. The minimum Gasteiger partial charge on any atom is -0.507 e. The van der Waals surface area contributed by atoms with Gasteiger partial charge in [0.05, 0.1) is 10.2 Å². The Morgan fingerprint density at radius 2 is 1.70 bits per heavy atom. The lowest BCUT2D eigenvalue weighted by Crippen LogP contribution is -2.45. The van der Waals surface area contributed by atoms with E-state index in [0.29, 0.717) is 56.5 Å². The molecule has 0 radical (unpaired) electrons. The smallest absolute Gasteiger partial charge is 0.414 e. The molecule has 1 aliphatic heterocycles. The van der Waals surface area contributed by atoms with Crippen molar-refractivity contribution < 1.29 is 34.4 Å². The lowest BCUT2D eigenvalue weighted by molar-refractivity contribution is -0.137. The number of phenols is 2. The van der Waals surface area contributed by atoms with Crippen molar-refractivity contribution in [2.24, 2.45) is 10.4 Å². The van der Waals surface area contributed by atoms with Crippen molar-refractivity contribution in [1.29, 1.82) is 0 Å². The third-order valence-corrected chi connectivity index (χ3v) is 10.1. The van der Waals surface area contributed by atoms with Gasteiger partial charge in [-0.15, -0.1) is 23.1 Å². The number of aliphatic carboxylic acids is 1. The van der Waals surface area contributed by atoms with E-state index in [-0.39, 0.29) is 29.0 Å². The maximum absolute atomic E-state index is 13.4. The lowest BCUT2D eigenvalue weighted by atomic mass is 9.78. The van der Waals surface area contributed by atoms with E-state index in [1.54, 1.807) is 44.1 Å². The monoisotopic (exact) mass is 668 g/mol. The Hall–Kier alpha value is -4.10. The van der Waals surface area contributed by atoms with Crippen molar-refractivity contribution in [2.75, 3.05) is 32.9 Å². The van der Waals surface area contributed by atoms with E-state index in [1.165, 1.54) is 28.0 Å². The van der Waals surface area contributed by atoms with Crippen LogP contribution in [0, 0.1) is 12.3 Å². The first kappa shape index (κ1) is 34.8. The fraction of sp³-hybridized carbons (Fsp3) is 0.424. The second kappa shape index (κ2) is 13.0. The second-order valence-corrected chi connectivity index (χ2v) is 15.1. The van der Waals surface area contributed by atoms with Crippen LogP contribution in [-0.2, 0) is 15.0 Å². The summed E-state index contributed by atoms with van der Waals surface area (Å²) in [7, 11) is 3.32. The zero-order chi connectivity index (χ0) is 34.3. The number of hydrogen-bond acceptors (Lipinski definition) is 10. The standard InChI is InChI=1S/C33H40N4O7S2/c1-17-18(2)27(40)25(19(3)26(17)39)33(6,7)13-24(38)36(8)15-32(4,5)16-37(9)31(43)44-20-10-11-21-23(12-20)46-29(34-21)28-35-22(14-45-28)30(41)42/h10-12,22,39-40H,2-3,13-16H2,1,4-9H3,(H,41,42). The molecule has 11 nitrogen and oxygen atoms in total. The van der Waals surface area contributed by atoms with Gasteiger partial charge in [-0.2, -0.15) is 0 Å². The number of aromatic nitrogens is 1. The normalized spacial score (nSPS) is 15.1. The van der Waals surface area contributed by atoms with Gasteiger partial charge in [-0.25, -0.2) is 14.6 Å². The molecular formula is C33H40N4O7S2. The molecule has 0 saturated heterocycles. The van der Waals surface area contributed by atoms with Crippen LogP contribution in [0.25, 0.3) is 23.4 Å². The molecule has 3 N–H and O–H groups in total. The van der Waals surface area contributed by atoms with Crippen molar-refractivity contribution in [1.82, 2.24) is 14.8 Å². The summed E-state index contributed by atoms with van der Waals surface area (Å²) in [6, 6.07) is 4.34. The van der Waals surface area contributed by atoms with Gasteiger partial charge in [0.2, 0.25) is 5.91 Å². The van der Waals surface area contributed by atoms with Crippen LogP contribution in [0.2, 0.25) is 0 Å². The maximum atomic E-state index is 13.4. The van der Waals surface area contributed by atoms with Crippen LogP contribution in [-0.4, -0.2) is 92.1 Å². The number of aromatic hydroxyl groups is 2. The summed E-state index contributed by atoms with van der Waals surface area (Å²) in [5.41, 5.74) is 0.169. The largest absolute Gasteiger partial charge is 0.507 e. The van der Waals surface area contributed by atoms with Crippen molar-refractivity contribution >= 4 is 69.5 Å². The highest BCUT2D eigenvalue weighted by Crippen LogP contribution is 2.34. The molecule has 1 aromatic heterocycles. The highest BCUT2D eigenvalue weighted by molar-refractivity contribution is 8.15. The molecule has 0 bridgehead atoms. The number of ether oxygens (including phenoxy) is 1. The quantitative estimate of drug-likeness (QED) is 0.272. The SMILES string of the molecule is C=c1c(C)c(O)c(=C)c(C(C)(C)CC(=O)N(C)CC(C)(C)CN(C)C(=O)Oc2ccc3nc(C4=NC(C(=O)O)CS4)sc3c2)c1O. The van der Waals surface area contributed by atoms with Gasteiger partial charge in [0.25, 0.3) is 0 Å². The van der Waals surface area contributed by atoms with Crippen LogP contribution >= 0.6 is 23.1 Å². The Balaban J connectivity index is 1.37. The summed E-state index contributed by atoms with van der Waals surface area (Å²) in [4.78, 5) is 49.5. The summed E-state index contributed by atoms with van der Waals surface area (Å²) in [5.74, 6) is -0.552. The Bertz CT molecular complexity index is 1850. The third kappa shape index (κ3) is 7.31.